The first-order valence-corrected chi connectivity index (χ1v) is 8.78. The Morgan fingerprint density at radius 2 is 1.45 bits per heavy atom. The summed E-state index contributed by atoms with van der Waals surface area (Å²) in [6.07, 6.45) is -4.52. The number of hydrogen-bond acceptors (Lipinski definition) is 6. The highest BCUT2D eigenvalue weighted by atomic mass is 19.4. The molecule has 0 spiro atoms. The summed E-state index contributed by atoms with van der Waals surface area (Å²) in [6, 6.07) is 12.9. The van der Waals surface area contributed by atoms with E-state index in [1.807, 2.05) is 12.1 Å². The van der Waals surface area contributed by atoms with Gasteiger partial charge in [-0.2, -0.15) is 23.7 Å². The van der Waals surface area contributed by atoms with Crippen LogP contribution in [-0.4, -0.2) is 19.2 Å². The molecule has 0 radical (unpaired) electrons. The van der Waals surface area contributed by atoms with Gasteiger partial charge in [0, 0.05) is 11.1 Å². The number of hydrogen-bond donors (Lipinski definition) is 1. The smallest absolute Gasteiger partial charge is 0.416 e. The van der Waals surface area contributed by atoms with Gasteiger partial charge in [0.15, 0.2) is 11.5 Å². The van der Waals surface area contributed by atoms with Gasteiger partial charge in [-0.05, 0) is 35.9 Å². The van der Waals surface area contributed by atoms with E-state index in [1.54, 1.807) is 18.2 Å². The first kappa shape index (κ1) is 21.5. The first-order valence-electron chi connectivity index (χ1n) is 8.78. The minimum atomic E-state index is -4.52. The molecule has 31 heavy (non-hydrogen) atoms. The average molecular weight is 424 g/mol. The Morgan fingerprint density at radius 1 is 0.871 bits per heavy atom. The van der Waals surface area contributed by atoms with E-state index in [0.29, 0.717) is 17.1 Å². The van der Waals surface area contributed by atoms with Crippen molar-refractivity contribution in [1.29, 1.82) is 10.5 Å². The molecule has 9 heteroatoms. The molecule has 0 unspecified atom stereocenters. The van der Waals surface area contributed by atoms with Crippen LogP contribution in [0.1, 0.15) is 16.7 Å². The largest absolute Gasteiger partial charge is 0.493 e. The fourth-order valence-electron chi connectivity index (χ4n) is 3.13. The number of anilines is 1. The van der Waals surface area contributed by atoms with Crippen LogP contribution >= 0.6 is 0 Å². The van der Waals surface area contributed by atoms with Crippen molar-refractivity contribution in [3.05, 3.63) is 59.2 Å². The monoisotopic (exact) mass is 424 g/mol. The second-order valence-electron chi connectivity index (χ2n) is 6.34. The number of nitrogens with two attached hydrogens (primary N) is 1. The number of benzene rings is 2. The molecular weight excluding hydrogens is 409 g/mol. The highest BCUT2D eigenvalue weighted by Gasteiger charge is 2.30. The molecule has 2 aromatic carbocycles. The Kier molecular flexibility index (Phi) is 5.71. The Bertz CT molecular complexity index is 1220. The van der Waals surface area contributed by atoms with E-state index in [1.165, 1.54) is 26.4 Å². The number of alkyl halides is 3. The Balaban J connectivity index is 2.30. The number of rotatable bonds is 4. The summed E-state index contributed by atoms with van der Waals surface area (Å²) in [6.45, 7) is 0. The normalized spacial score (nSPS) is 10.8. The minimum absolute atomic E-state index is 0.00210. The summed E-state index contributed by atoms with van der Waals surface area (Å²) in [4.78, 5) is 4.22. The van der Waals surface area contributed by atoms with E-state index in [9.17, 15) is 23.7 Å². The first-order chi connectivity index (χ1) is 14.7. The molecule has 0 aliphatic heterocycles. The van der Waals surface area contributed by atoms with Crippen molar-refractivity contribution in [3.63, 3.8) is 0 Å². The molecule has 6 nitrogen and oxygen atoms in total. The van der Waals surface area contributed by atoms with Gasteiger partial charge in [-0.25, -0.2) is 4.98 Å². The van der Waals surface area contributed by atoms with Crippen molar-refractivity contribution >= 4 is 5.82 Å². The third-order valence-electron chi connectivity index (χ3n) is 4.61. The SMILES string of the molecule is COc1ccc(-c2nc(N)c(C#N)c(-c3ccc(C(F)(F)F)cc3)c2C#N)cc1OC. The van der Waals surface area contributed by atoms with Crippen LogP contribution < -0.4 is 15.2 Å². The van der Waals surface area contributed by atoms with Gasteiger partial charge in [0.05, 0.1) is 31.0 Å². The predicted octanol–water partition coefficient (Wildman–Crippen LogP) is 4.78. The fraction of sp³-hybridized carbons (Fsp3) is 0.136. The van der Waals surface area contributed by atoms with E-state index >= 15 is 0 Å². The number of pyridine rings is 1. The fourth-order valence-corrected chi connectivity index (χ4v) is 3.13. The van der Waals surface area contributed by atoms with Gasteiger partial charge in [-0.15, -0.1) is 0 Å². The van der Waals surface area contributed by atoms with Crippen LogP contribution in [0.15, 0.2) is 42.5 Å². The zero-order chi connectivity index (χ0) is 22.8. The van der Waals surface area contributed by atoms with Crippen LogP contribution in [0.3, 0.4) is 0 Å². The minimum Gasteiger partial charge on any atom is -0.493 e. The van der Waals surface area contributed by atoms with Crippen molar-refractivity contribution in [2.45, 2.75) is 6.18 Å². The third kappa shape index (κ3) is 3.94. The maximum atomic E-state index is 12.9. The highest BCUT2D eigenvalue weighted by molar-refractivity contribution is 5.87. The number of aromatic nitrogens is 1. The van der Waals surface area contributed by atoms with Gasteiger partial charge in [-0.1, -0.05) is 12.1 Å². The lowest BCUT2D eigenvalue weighted by molar-refractivity contribution is -0.137. The lowest BCUT2D eigenvalue weighted by Crippen LogP contribution is -2.06. The van der Waals surface area contributed by atoms with Crippen LogP contribution in [0.4, 0.5) is 19.0 Å². The highest BCUT2D eigenvalue weighted by Crippen LogP contribution is 2.39. The van der Waals surface area contributed by atoms with Crippen molar-refractivity contribution < 1.29 is 22.6 Å². The Labute approximate surface area is 175 Å². The summed E-state index contributed by atoms with van der Waals surface area (Å²) in [7, 11) is 2.92. The number of nitrogen functional groups attached to an aromatic ring is 1. The summed E-state index contributed by atoms with van der Waals surface area (Å²) in [5, 5.41) is 19.4. The van der Waals surface area contributed by atoms with E-state index in [2.05, 4.69) is 4.98 Å². The molecule has 156 valence electrons. The zero-order valence-corrected chi connectivity index (χ0v) is 16.4. The molecule has 0 aliphatic rings. The van der Waals surface area contributed by atoms with Gasteiger partial charge in [0.25, 0.3) is 0 Å². The molecule has 3 aromatic rings. The summed E-state index contributed by atoms with van der Waals surface area (Å²) in [5.74, 6) is 0.681. The number of halogens is 3. The number of ether oxygens (including phenoxy) is 2. The Morgan fingerprint density at radius 3 is 1.97 bits per heavy atom. The van der Waals surface area contributed by atoms with Crippen molar-refractivity contribution in [1.82, 2.24) is 4.98 Å². The second kappa shape index (κ2) is 8.25. The van der Waals surface area contributed by atoms with Crippen LogP contribution in [0.2, 0.25) is 0 Å². The van der Waals surface area contributed by atoms with Crippen LogP contribution in [0.25, 0.3) is 22.4 Å². The van der Waals surface area contributed by atoms with Gasteiger partial charge in [-0.3, -0.25) is 0 Å². The number of nitrogens with zero attached hydrogens (tertiary/aromatic N) is 3. The van der Waals surface area contributed by atoms with Crippen molar-refractivity contribution in [3.8, 4) is 46.0 Å². The van der Waals surface area contributed by atoms with Gasteiger partial charge in [0.2, 0.25) is 0 Å². The van der Waals surface area contributed by atoms with Crippen molar-refractivity contribution in [2.24, 2.45) is 0 Å². The molecule has 0 amide bonds. The summed E-state index contributed by atoms with van der Waals surface area (Å²) >= 11 is 0. The van der Waals surface area contributed by atoms with Crippen LogP contribution in [0.5, 0.6) is 11.5 Å². The van der Waals surface area contributed by atoms with Crippen molar-refractivity contribution in [2.75, 3.05) is 20.0 Å². The van der Waals surface area contributed by atoms with Crippen LogP contribution in [0, 0.1) is 22.7 Å². The van der Waals surface area contributed by atoms with E-state index in [-0.39, 0.29) is 33.8 Å². The molecule has 0 atom stereocenters. The maximum Gasteiger partial charge on any atom is 0.416 e. The van der Waals surface area contributed by atoms with Crippen LogP contribution in [-0.2, 0) is 6.18 Å². The van der Waals surface area contributed by atoms with E-state index < -0.39 is 11.7 Å². The quantitative estimate of drug-likeness (QED) is 0.646. The average Bonchev–Trinajstić information content (AvgIpc) is 2.77. The van der Waals surface area contributed by atoms with Gasteiger partial charge in [0.1, 0.15) is 23.5 Å². The van der Waals surface area contributed by atoms with E-state index in [4.69, 9.17) is 15.2 Å². The number of nitriles is 2. The zero-order valence-electron chi connectivity index (χ0n) is 16.4. The molecule has 0 bridgehead atoms. The molecule has 0 aliphatic carbocycles. The molecule has 0 saturated heterocycles. The Hall–Kier alpha value is -4.24. The molecule has 2 N–H and O–H groups in total. The molecule has 0 saturated carbocycles. The predicted molar refractivity (Wildman–Crippen MR) is 107 cm³/mol. The number of methoxy groups -OCH3 is 2. The van der Waals surface area contributed by atoms with E-state index in [0.717, 1.165) is 12.1 Å². The summed E-state index contributed by atoms with van der Waals surface area (Å²) in [5.41, 5.74) is 5.99. The second-order valence-corrected chi connectivity index (χ2v) is 6.34. The molecule has 0 fully saturated rings. The van der Waals surface area contributed by atoms with Gasteiger partial charge < -0.3 is 15.2 Å². The third-order valence-corrected chi connectivity index (χ3v) is 4.61. The topological polar surface area (TPSA) is 105 Å². The molecule has 1 aromatic heterocycles. The maximum absolute atomic E-state index is 12.9. The lowest BCUT2D eigenvalue weighted by atomic mass is 9.92. The molecule has 1 heterocycles. The standard InChI is InChI=1S/C22H15F3N4O2/c1-30-17-8-5-13(9-18(17)31-2)20-15(10-26)19(16(11-27)21(28)29-20)12-3-6-14(7-4-12)22(23,24)25/h3-9H,1-2H3,(H2,28,29). The van der Waals surface area contributed by atoms with Gasteiger partial charge >= 0.3 is 6.18 Å². The lowest BCUT2D eigenvalue weighted by Gasteiger charge is -2.15. The molecule has 3 rings (SSSR count). The molecular formula is C22H15F3N4O2. The summed E-state index contributed by atoms with van der Waals surface area (Å²) < 4.78 is 49.3.